The van der Waals surface area contributed by atoms with Crippen molar-refractivity contribution in [3.8, 4) is 23.0 Å². The van der Waals surface area contributed by atoms with E-state index in [-0.39, 0.29) is 29.3 Å². The third-order valence-corrected chi connectivity index (χ3v) is 4.20. The monoisotopic (exact) mass is 354 g/mol. The zero-order valence-electron chi connectivity index (χ0n) is 15.1. The van der Waals surface area contributed by atoms with Crippen LogP contribution in [0.1, 0.15) is 42.3 Å². The van der Waals surface area contributed by atoms with E-state index in [2.05, 4.69) is 0 Å². The summed E-state index contributed by atoms with van der Waals surface area (Å²) in [6, 6.07) is 10.9. The van der Waals surface area contributed by atoms with Crippen molar-refractivity contribution in [2.75, 3.05) is 13.7 Å². The van der Waals surface area contributed by atoms with Gasteiger partial charge in [0.1, 0.15) is 24.0 Å². The number of carbonyl (C=O) groups is 1. The Morgan fingerprint density at radius 2 is 2.04 bits per heavy atom. The Bertz CT molecular complexity index is 835. The van der Waals surface area contributed by atoms with Crippen LogP contribution in [0.2, 0.25) is 0 Å². The van der Waals surface area contributed by atoms with E-state index >= 15 is 0 Å². The fourth-order valence-electron chi connectivity index (χ4n) is 2.89. The lowest BCUT2D eigenvalue weighted by Crippen LogP contribution is -2.21. The summed E-state index contributed by atoms with van der Waals surface area (Å²) in [7, 11) is 1.49. The molecule has 1 aliphatic heterocycles. The molecule has 136 valence electrons. The standard InChI is InChI=1S/C21H22O5/c1-13(2)9-10-25-18-12-16(23)19-15(22)11-17(14-7-5-4-6-8-14)26-21(19)20(18)24-3/h4-9,12,17,23H,10-11H2,1-3H3. The van der Waals surface area contributed by atoms with Crippen molar-refractivity contribution >= 4 is 5.78 Å². The SMILES string of the molecule is COc1c(OCC=C(C)C)cc(O)c2c1OC(c1ccccc1)CC2=O. The van der Waals surface area contributed by atoms with Gasteiger partial charge in [0.25, 0.3) is 0 Å². The van der Waals surface area contributed by atoms with Crippen LogP contribution in [0.4, 0.5) is 0 Å². The fraction of sp³-hybridized carbons (Fsp3) is 0.286. The largest absolute Gasteiger partial charge is 0.507 e. The molecule has 0 aliphatic carbocycles. The third-order valence-electron chi connectivity index (χ3n) is 4.20. The number of allylic oxidation sites excluding steroid dienone is 1. The third kappa shape index (κ3) is 3.52. The van der Waals surface area contributed by atoms with E-state index in [1.54, 1.807) is 0 Å². The first-order valence-electron chi connectivity index (χ1n) is 8.46. The van der Waals surface area contributed by atoms with Crippen LogP contribution in [-0.4, -0.2) is 24.6 Å². The highest BCUT2D eigenvalue weighted by Crippen LogP contribution is 2.49. The Morgan fingerprint density at radius 3 is 2.69 bits per heavy atom. The van der Waals surface area contributed by atoms with Gasteiger partial charge in [-0.15, -0.1) is 0 Å². The lowest BCUT2D eigenvalue weighted by atomic mass is 9.95. The number of phenolic OH excluding ortho intramolecular Hbond substituents is 1. The van der Waals surface area contributed by atoms with Crippen LogP contribution in [0.5, 0.6) is 23.0 Å². The van der Waals surface area contributed by atoms with Gasteiger partial charge in [0, 0.05) is 6.07 Å². The molecular weight excluding hydrogens is 332 g/mol. The van der Waals surface area contributed by atoms with Crippen LogP contribution in [0, 0.1) is 0 Å². The Labute approximate surface area is 152 Å². The molecule has 0 aromatic heterocycles. The van der Waals surface area contributed by atoms with E-state index in [0.717, 1.165) is 11.1 Å². The minimum atomic E-state index is -0.433. The van der Waals surface area contributed by atoms with Gasteiger partial charge in [-0.05, 0) is 25.5 Å². The summed E-state index contributed by atoms with van der Waals surface area (Å²) in [5, 5.41) is 10.3. The molecule has 2 aromatic carbocycles. The average Bonchev–Trinajstić information content (AvgIpc) is 2.61. The number of ketones is 1. The Hall–Kier alpha value is -2.95. The molecule has 0 fully saturated rings. The first-order chi connectivity index (χ1) is 12.5. The number of fused-ring (bicyclic) bond motifs is 1. The molecule has 0 radical (unpaired) electrons. The molecule has 0 saturated heterocycles. The normalized spacial score (nSPS) is 15.7. The van der Waals surface area contributed by atoms with Crippen LogP contribution in [0.15, 0.2) is 48.0 Å². The summed E-state index contributed by atoms with van der Waals surface area (Å²) >= 11 is 0. The zero-order chi connectivity index (χ0) is 18.7. The quantitative estimate of drug-likeness (QED) is 0.804. The summed E-state index contributed by atoms with van der Waals surface area (Å²) in [6.07, 6.45) is 1.64. The van der Waals surface area contributed by atoms with Gasteiger partial charge < -0.3 is 19.3 Å². The van der Waals surface area contributed by atoms with Gasteiger partial charge >= 0.3 is 0 Å². The number of methoxy groups -OCH3 is 1. The van der Waals surface area contributed by atoms with Crippen molar-refractivity contribution in [3.63, 3.8) is 0 Å². The average molecular weight is 354 g/mol. The van der Waals surface area contributed by atoms with E-state index < -0.39 is 6.10 Å². The van der Waals surface area contributed by atoms with E-state index in [9.17, 15) is 9.90 Å². The molecule has 2 aromatic rings. The number of benzene rings is 2. The molecule has 1 N–H and O–H groups in total. The second kappa shape index (κ2) is 7.52. The molecule has 1 unspecified atom stereocenters. The number of carbonyl (C=O) groups excluding carboxylic acids is 1. The highest BCUT2D eigenvalue weighted by atomic mass is 16.5. The zero-order valence-corrected chi connectivity index (χ0v) is 15.1. The Balaban J connectivity index is 2.01. The molecule has 5 heteroatoms. The molecule has 0 amide bonds. The maximum atomic E-state index is 12.6. The maximum absolute atomic E-state index is 12.6. The second-order valence-corrected chi connectivity index (χ2v) is 6.37. The van der Waals surface area contributed by atoms with Crippen molar-refractivity contribution in [1.82, 2.24) is 0 Å². The van der Waals surface area contributed by atoms with E-state index in [4.69, 9.17) is 14.2 Å². The first kappa shape index (κ1) is 17.9. The summed E-state index contributed by atoms with van der Waals surface area (Å²) in [6.45, 7) is 4.27. The molecule has 1 aliphatic rings. The van der Waals surface area contributed by atoms with E-state index in [1.165, 1.54) is 13.2 Å². The molecule has 0 bridgehead atoms. The number of rotatable bonds is 5. The van der Waals surface area contributed by atoms with Crippen LogP contribution < -0.4 is 14.2 Å². The van der Waals surface area contributed by atoms with Gasteiger partial charge in [0.15, 0.2) is 17.3 Å². The van der Waals surface area contributed by atoms with Crippen LogP contribution >= 0.6 is 0 Å². The fourth-order valence-corrected chi connectivity index (χ4v) is 2.89. The van der Waals surface area contributed by atoms with E-state index in [0.29, 0.717) is 18.1 Å². The smallest absolute Gasteiger partial charge is 0.204 e. The molecule has 1 atom stereocenters. The number of hydrogen-bond donors (Lipinski definition) is 1. The Morgan fingerprint density at radius 1 is 1.31 bits per heavy atom. The topological polar surface area (TPSA) is 65.0 Å². The summed E-state index contributed by atoms with van der Waals surface area (Å²) in [4.78, 5) is 12.6. The van der Waals surface area contributed by atoms with Crippen molar-refractivity contribution in [2.45, 2.75) is 26.4 Å². The number of Topliss-reactive ketones (excluding diaryl/α,β-unsaturated/α-hetero) is 1. The second-order valence-electron chi connectivity index (χ2n) is 6.37. The highest BCUT2D eigenvalue weighted by Gasteiger charge is 2.34. The number of ether oxygens (including phenoxy) is 3. The molecular formula is C21H22O5. The minimum Gasteiger partial charge on any atom is -0.507 e. The van der Waals surface area contributed by atoms with Crippen molar-refractivity contribution in [2.24, 2.45) is 0 Å². The lowest BCUT2D eigenvalue weighted by molar-refractivity contribution is 0.0836. The van der Waals surface area contributed by atoms with Crippen LogP contribution in [-0.2, 0) is 0 Å². The lowest BCUT2D eigenvalue weighted by Gasteiger charge is -2.28. The van der Waals surface area contributed by atoms with Gasteiger partial charge in [0.05, 0.1) is 13.5 Å². The van der Waals surface area contributed by atoms with Gasteiger partial charge in [-0.3, -0.25) is 4.79 Å². The number of aromatic hydroxyl groups is 1. The van der Waals surface area contributed by atoms with Crippen LogP contribution in [0.3, 0.4) is 0 Å². The van der Waals surface area contributed by atoms with Crippen molar-refractivity contribution < 1.29 is 24.1 Å². The molecule has 0 saturated carbocycles. The van der Waals surface area contributed by atoms with Gasteiger partial charge in [-0.1, -0.05) is 35.9 Å². The predicted molar refractivity (Wildman–Crippen MR) is 98.3 cm³/mol. The van der Waals surface area contributed by atoms with E-state index in [1.807, 2.05) is 50.3 Å². The number of phenols is 1. The summed E-state index contributed by atoms with van der Waals surface area (Å²) in [5.41, 5.74) is 2.15. The molecule has 3 rings (SSSR count). The minimum absolute atomic E-state index is 0.142. The first-order valence-corrected chi connectivity index (χ1v) is 8.46. The Kier molecular flexibility index (Phi) is 5.16. The predicted octanol–water partition coefficient (Wildman–Crippen LogP) is 4.45. The maximum Gasteiger partial charge on any atom is 0.204 e. The highest BCUT2D eigenvalue weighted by molar-refractivity contribution is 6.03. The molecule has 0 spiro atoms. The van der Waals surface area contributed by atoms with Gasteiger partial charge in [0.2, 0.25) is 5.75 Å². The molecule has 26 heavy (non-hydrogen) atoms. The van der Waals surface area contributed by atoms with Gasteiger partial charge in [-0.25, -0.2) is 0 Å². The van der Waals surface area contributed by atoms with Crippen molar-refractivity contribution in [1.29, 1.82) is 0 Å². The molecule has 5 nitrogen and oxygen atoms in total. The van der Waals surface area contributed by atoms with Crippen molar-refractivity contribution in [3.05, 3.63) is 59.2 Å². The summed E-state index contributed by atoms with van der Waals surface area (Å²) < 4.78 is 17.2. The summed E-state index contributed by atoms with van der Waals surface area (Å²) in [5.74, 6) is 0.526. The van der Waals surface area contributed by atoms with Gasteiger partial charge in [-0.2, -0.15) is 0 Å². The van der Waals surface area contributed by atoms with Crippen LogP contribution in [0.25, 0.3) is 0 Å². The molecule has 1 heterocycles. The number of hydrogen-bond acceptors (Lipinski definition) is 5.